The van der Waals surface area contributed by atoms with Crippen LogP contribution in [0.3, 0.4) is 0 Å². The molecule has 0 saturated carbocycles. The highest BCUT2D eigenvalue weighted by Crippen LogP contribution is 2.28. The van der Waals surface area contributed by atoms with Crippen molar-refractivity contribution in [2.75, 3.05) is 5.75 Å². The molecule has 0 spiro atoms. The number of thioether (sulfide) groups is 1. The van der Waals surface area contributed by atoms with Gasteiger partial charge in [0.1, 0.15) is 0 Å². The first-order chi connectivity index (χ1) is 8.16. The molecule has 0 aliphatic carbocycles. The van der Waals surface area contributed by atoms with Gasteiger partial charge in [0.15, 0.2) is 0 Å². The predicted octanol–water partition coefficient (Wildman–Crippen LogP) is 2.87. The topological polar surface area (TPSA) is 43.8 Å². The minimum Gasteiger partial charge on any atom is -0.322 e. The third-order valence-electron chi connectivity index (χ3n) is 2.37. The van der Waals surface area contributed by atoms with E-state index in [-0.39, 0.29) is 6.04 Å². The zero-order valence-electron chi connectivity index (χ0n) is 9.51. The minimum atomic E-state index is -0.0718. The monoisotopic (exact) mass is 267 g/mol. The molecular weight excluding hydrogens is 254 g/mol. The molecule has 0 saturated heterocycles. The van der Waals surface area contributed by atoms with E-state index in [1.54, 1.807) is 16.4 Å². The molecule has 0 radical (unpaired) electrons. The van der Waals surface area contributed by atoms with Gasteiger partial charge in [-0.2, -0.15) is 5.10 Å². The molecule has 1 aromatic carbocycles. The summed E-state index contributed by atoms with van der Waals surface area (Å²) >= 11 is 7.73. The van der Waals surface area contributed by atoms with Gasteiger partial charge in [0.25, 0.3) is 0 Å². The zero-order valence-corrected chi connectivity index (χ0v) is 11.1. The lowest BCUT2D eigenvalue weighted by Crippen LogP contribution is -2.14. The molecular formula is C12H14ClN3S. The molecule has 5 heteroatoms. The van der Waals surface area contributed by atoms with Crippen LogP contribution in [0.1, 0.15) is 11.7 Å². The highest BCUT2D eigenvalue weighted by molar-refractivity contribution is 7.99. The van der Waals surface area contributed by atoms with Gasteiger partial charge in [-0.3, -0.25) is 4.68 Å². The van der Waals surface area contributed by atoms with E-state index in [9.17, 15) is 0 Å². The lowest BCUT2D eigenvalue weighted by Gasteiger charge is -2.09. The number of hydrogen-bond acceptors (Lipinski definition) is 3. The van der Waals surface area contributed by atoms with Gasteiger partial charge in [0.05, 0.1) is 16.8 Å². The molecule has 0 bridgehead atoms. The van der Waals surface area contributed by atoms with Gasteiger partial charge >= 0.3 is 0 Å². The molecule has 2 aromatic rings. The quantitative estimate of drug-likeness (QED) is 0.867. The molecule has 0 aliphatic heterocycles. The van der Waals surface area contributed by atoms with Crippen LogP contribution in [0, 0.1) is 0 Å². The Labute approximate surface area is 110 Å². The summed E-state index contributed by atoms with van der Waals surface area (Å²) in [6.45, 7) is 0. The van der Waals surface area contributed by atoms with Gasteiger partial charge < -0.3 is 5.73 Å². The summed E-state index contributed by atoms with van der Waals surface area (Å²) in [7, 11) is 1.89. The fourth-order valence-corrected chi connectivity index (χ4v) is 2.67. The second-order valence-electron chi connectivity index (χ2n) is 3.76. The normalized spacial score (nSPS) is 12.6. The summed E-state index contributed by atoms with van der Waals surface area (Å²) in [5.74, 6) is 0.765. The van der Waals surface area contributed by atoms with Gasteiger partial charge in [0, 0.05) is 23.9 Å². The first-order valence-corrected chi connectivity index (χ1v) is 6.65. The summed E-state index contributed by atoms with van der Waals surface area (Å²) in [5.41, 5.74) is 6.98. The van der Waals surface area contributed by atoms with Crippen molar-refractivity contribution in [2.45, 2.75) is 10.9 Å². The first kappa shape index (κ1) is 12.5. The average Bonchev–Trinajstić information content (AvgIpc) is 2.74. The Balaban J connectivity index is 1.97. The molecule has 2 rings (SSSR count). The van der Waals surface area contributed by atoms with Crippen molar-refractivity contribution in [1.82, 2.24) is 9.78 Å². The van der Waals surface area contributed by atoms with E-state index in [0.717, 1.165) is 21.4 Å². The summed E-state index contributed by atoms with van der Waals surface area (Å²) in [4.78, 5) is 1.06. The summed E-state index contributed by atoms with van der Waals surface area (Å²) in [6.07, 6.45) is 1.90. The molecule has 2 N–H and O–H groups in total. The second kappa shape index (κ2) is 5.58. The van der Waals surface area contributed by atoms with Crippen LogP contribution in [0.4, 0.5) is 0 Å². The predicted molar refractivity (Wildman–Crippen MR) is 72.3 cm³/mol. The van der Waals surface area contributed by atoms with Gasteiger partial charge in [-0.25, -0.2) is 0 Å². The third-order valence-corrected chi connectivity index (χ3v) is 4.00. The second-order valence-corrected chi connectivity index (χ2v) is 5.23. The maximum atomic E-state index is 6.08. The Kier molecular flexibility index (Phi) is 4.10. The molecule has 0 amide bonds. The van der Waals surface area contributed by atoms with E-state index in [2.05, 4.69) is 5.10 Å². The molecule has 1 aromatic heterocycles. The van der Waals surface area contributed by atoms with Crippen LogP contribution in [-0.4, -0.2) is 15.5 Å². The van der Waals surface area contributed by atoms with Gasteiger partial charge in [0.2, 0.25) is 0 Å². The van der Waals surface area contributed by atoms with E-state index < -0.39 is 0 Å². The Morgan fingerprint density at radius 2 is 2.18 bits per heavy atom. The molecule has 3 nitrogen and oxygen atoms in total. The smallest absolute Gasteiger partial charge is 0.0800 e. The molecule has 1 unspecified atom stereocenters. The van der Waals surface area contributed by atoms with Gasteiger partial charge in [-0.15, -0.1) is 11.8 Å². The van der Waals surface area contributed by atoms with E-state index >= 15 is 0 Å². The number of aromatic nitrogens is 2. The van der Waals surface area contributed by atoms with Gasteiger partial charge in [-0.1, -0.05) is 23.7 Å². The molecule has 17 heavy (non-hydrogen) atoms. The fourth-order valence-electron chi connectivity index (χ4n) is 1.46. The van der Waals surface area contributed by atoms with Crippen LogP contribution >= 0.6 is 23.4 Å². The highest BCUT2D eigenvalue weighted by Gasteiger charge is 2.10. The van der Waals surface area contributed by atoms with Crippen molar-refractivity contribution in [3.63, 3.8) is 0 Å². The first-order valence-electron chi connectivity index (χ1n) is 5.29. The Morgan fingerprint density at radius 1 is 1.41 bits per heavy atom. The van der Waals surface area contributed by atoms with E-state index in [1.165, 1.54) is 0 Å². The SMILES string of the molecule is Cn1ccc(C(N)CSc2ccccc2Cl)n1. The summed E-state index contributed by atoms with van der Waals surface area (Å²) < 4.78 is 1.76. The summed E-state index contributed by atoms with van der Waals surface area (Å²) in [6, 6.07) is 9.65. The minimum absolute atomic E-state index is 0.0718. The molecule has 0 fully saturated rings. The van der Waals surface area contributed by atoms with Crippen LogP contribution in [0.5, 0.6) is 0 Å². The number of rotatable bonds is 4. The number of halogens is 1. The molecule has 90 valence electrons. The van der Waals surface area contributed by atoms with Crippen molar-refractivity contribution < 1.29 is 0 Å². The van der Waals surface area contributed by atoms with Crippen LogP contribution in [-0.2, 0) is 7.05 Å². The average molecular weight is 268 g/mol. The fraction of sp³-hybridized carbons (Fsp3) is 0.250. The maximum absolute atomic E-state index is 6.08. The van der Waals surface area contributed by atoms with Crippen molar-refractivity contribution in [2.24, 2.45) is 12.8 Å². The lowest BCUT2D eigenvalue weighted by molar-refractivity contribution is 0.704. The van der Waals surface area contributed by atoms with Crippen LogP contribution < -0.4 is 5.73 Å². The Hall–Kier alpha value is -0.970. The van der Waals surface area contributed by atoms with Crippen molar-refractivity contribution >= 4 is 23.4 Å². The van der Waals surface area contributed by atoms with E-state index in [0.29, 0.717) is 0 Å². The van der Waals surface area contributed by atoms with Gasteiger partial charge in [-0.05, 0) is 18.2 Å². The van der Waals surface area contributed by atoms with E-state index in [1.807, 2.05) is 43.6 Å². The van der Waals surface area contributed by atoms with E-state index in [4.69, 9.17) is 17.3 Å². The maximum Gasteiger partial charge on any atom is 0.0800 e. The molecule has 1 heterocycles. The molecule has 1 atom stereocenters. The van der Waals surface area contributed by atoms with Crippen LogP contribution in [0.25, 0.3) is 0 Å². The van der Waals surface area contributed by atoms with Crippen LogP contribution in [0.2, 0.25) is 5.02 Å². The standard InChI is InChI=1S/C12H14ClN3S/c1-16-7-6-11(15-16)10(14)8-17-12-5-3-2-4-9(12)13/h2-7,10H,8,14H2,1H3. The van der Waals surface area contributed by atoms with Crippen molar-refractivity contribution in [3.8, 4) is 0 Å². The highest BCUT2D eigenvalue weighted by atomic mass is 35.5. The number of hydrogen-bond donors (Lipinski definition) is 1. The summed E-state index contributed by atoms with van der Waals surface area (Å²) in [5, 5.41) is 5.06. The lowest BCUT2D eigenvalue weighted by atomic mass is 10.3. The number of benzene rings is 1. The Morgan fingerprint density at radius 3 is 2.82 bits per heavy atom. The van der Waals surface area contributed by atoms with Crippen LogP contribution in [0.15, 0.2) is 41.4 Å². The number of nitrogens with two attached hydrogens (primary N) is 1. The zero-order chi connectivity index (χ0) is 12.3. The van der Waals surface area contributed by atoms with Crippen molar-refractivity contribution in [1.29, 1.82) is 0 Å². The largest absolute Gasteiger partial charge is 0.322 e. The third kappa shape index (κ3) is 3.25. The number of nitrogens with zero attached hydrogens (tertiary/aromatic N) is 2. The molecule has 0 aliphatic rings. The van der Waals surface area contributed by atoms with Crippen molar-refractivity contribution in [3.05, 3.63) is 47.2 Å². The Bertz CT molecular complexity index is 498. The number of aryl methyl sites for hydroxylation is 1.